The Morgan fingerprint density at radius 2 is 1.63 bits per heavy atom. The molecule has 6 rings (SSSR count). The predicted molar refractivity (Wildman–Crippen MR) is 137 cm³/mol. The van der Waals surface area contributed by atoms with Crippen molar-refractivity contribution in [1.29, 1.82) is 0 Å². The molecule has 0 saturated carbocycles. The molecule has 1 atom stereocenters. The van der Waals surface area contributed by atoms with Crippen molar-refractivity contribution in [3.8, 4) is 11.5 Å². The molecule has 174 valence electrons. The maximum absolute atomic E-state index is 13.3. The number of morpholine rings is 1. The summed E-state index contributed by atoms with van der Waals surface area (Å²) in [5, 5.41) is 1.90. The van der Waals surface area contributed by atoms with Crippen LogP contribution >= 0.6 is 0 Å². The first kappa shape index (κ1) is 21.4. The minimum atomic E-state index is -0.405. The normalized spacial score (nSPS) is 17.0. The molecule has 2 aliphatic rings. The molecule has 1 saturated heterocycles. The van der Waals surface area contributed by atoms with Crippen LogP contribution in [0, 0.1) is 0 Å². The van der Waals surface area contributed by atoms with Gasteiger partial charge < -0.3 is 19.1 Å². The molecule has 35 heavy (non-hydrogen) atoms. The zero-order chi connectivity index (χ0) is 23.6. The summed E-state index contributed by atoms with van der Waals surface area (Å²) in [5.41, 5.74) is 3.39. The first-order chi connectivity index (χ1) is 17.3. The molecule has 5 heteroatoms. The van der Waals surface area contributed by atoms with Crippen LogP contribution in [0.2, 0.25) is 0 Å². The molecule has 0 spiro atoms. The van der Waals surface area contributed by atoms with E-state index in [9.17, 15) is 4.79 Å². The molecule has 1 fully saturated rings. The second kappa shape index (κ2) is 9.28. The molecule has 0 amide bonds. The van der Waals surface area contributed by atoms with Gasteiger partial charge in [-0.1, -0.05) is 60.7 Å². The van der Waals surface area contributed by atoms with Gasteiger partial charge in [0, 0.05) is 29.7 Å². The van der Waals surface area contributed by atoms with E-state index >= 15 is 0 Å². The Kier molecular flexibility index (Phi) is 5.68. The Hall–Kier alpha value is -4.09. The number of carbonyl (C=O) groups excluding carboxylic acids is 1. The van der Waals surface area contributed by atoms with Crippen molar-refractivity contribution < 1.29 is 19.0 Å². The standard InChI is InChI=1S/C30H25NO4/c32-30(34-24-12-10-23(11-13-24)31-16-18-33-19-17-31)27-20-22-8-4-5-9-25(22)29-26(27)14-15-28(35-29)21-6-2-1-3-7-21/h1-15,20,28H,16-19H2. The van der Waals surface area contributed by atoms with Gasteiger partial charge in [-0.25, -0.2) is 4.79 Å². The Bertz CT molecular complexity index is 1390. The first-order valence-corrected chi connectivity index (χ1v) is 11.9. The Labute approximate surface area is 204 Å². The van der Waals surface area contributed by atoms with Gasteiger partial charge in [-0.3, -0.25) is 0 Å². The molecule has 2 aliphatic heterocycles. The lowest BCUT2D eigenvalue weighted by atomic mass is 9.95. The number of hydrogen-bond acceptors (Lipinski definition) is 5. The van der Waals surface area contributed by atoms with Crippen LogP contribution in [0.25, 0.3) is 16.8 Å². The van der Waals surface area contributed by atoms with E-state index < -0.39 is 5.97 Å². The molecule has 5 nitrogen and oxygen atoms in total. The maximum Gasteiger partial charge on any atom is 0.344 e. The van der Waals surface area contributed by atoms with Crippen molar-refractivity contribution in [2.24, 2.45) is 0 Å². The van der Waals surface area contributed by atoms with Crippen LogP contribution in [0.3, 0.4) is 0 Å². The van der Waals surface area contributed by atoms with Gasteiger partial charge in [-0.15, -0.1) is 0 Å². The Morgan fingerprint density at radius 3 is 2.43 bits per heavy atom. The minimum Gasteiger partial charge on any atom is -0.480 e. The molecule has 1 unspecified atom stereocenters. The number of nitrogens with zero attached hydrogens (tertiary/aromatic N) is 1. The number of anilines is 1. The van der Waals surface area contributed by atoms with E-state index in [1.54, 1.807) is 0 Å². The highest BCUT2D eigenvalue weighted by Crippen LogP contribution is 2.40. The molecule has 4 aromatic carbocycles. The summed E-state index contributed by atoms with van der Waals surface area (Å²) >= 11 is 0. The lowest BCUT2D eigenvalue weighted by molar-refractivity contribution is 0.0734. The van der Waals surface area contributed by atoms with E-state index in [2.05, 4.69) is 4.90 Å². The van der Waals surface area contributed by atoms with Crippen molar-refractivity contribution >= 4 is 28.5 Å². The van der Waals surface area contributed by atoms with Crippen LogP contribution in [0.1, 0.15) is 27.6 Å². The number of fused-ring (bicyclic) bond motifs is 3. The van der Waals surface area contributed by atoms with Gasteiger partial charge in [0.15, 0.2) is 0 Å². The van der Waals surface area contributed by atoms with Crippen molar-refractivity contribution in [3.05, 3.63) is 108 Å². The molecule has 0 aromatic heterocycles. The molecule has 2 heterocycles. The van der Waals surface area contributed by atoms with Crippen molar-refractivity contribution in [1.82, 2.24) is 0 Å². The van der Waals surface area contributed by atoms with Crippen LogP contribution in [-0.2, 0) is 4.74 Å². The molecule has 0 radical (unpaired) electrons. The van der Waals surface area contributed by atoms with Gasteiger partial charge >= 0.3 is 5.97 Å². The number of benzene rings is 4. The number of ether oxygens (including phenoxy) is 3. The van der Waals surface area contributed by atoms with Gasteiger partial charge in [-0.05, 0) is 47.4 Å². The van der Waals surface area contributed by atoms with Crippen molar-refractivity contribution in [2.75, 3.05) is 31.2 Å². The van der Waals surface area contributed by atoms with E-state index in [4.69, 9.17) is 14.2 Å². The molecule has 0 aliphatic carbocycles. The SMILES string of the molecule is O=C(Oc1ccc(N2CCOCC2)cc1)c1cc2ccccc2c2c1C=CC(c1ccccc1)O2. The summed E-state index contributed by atoms with van der Waals surface area (Å²) in [7, 11) is 0. The zero-order valence-corrected chi connectivity index (χ0v) is 19.2. The lowest BCUT2D eigenvalue weighted by Gasteiger charge is -2.28. The fourth-order valence-corrected chi connectivity index (χ4v) is 4.67. The van der Waals surface area contributed by atoms with Gasteiger partial charge in [-0.2, -0.15) is 0 Å². The second-order valence-corrected chi connectivity index (χ2v) is 8.68. The molecule has 0 bridgehead atoms. The van der Waals surface area contributed by atoms with Gasteiger partial charge in [0.25, 0.3) is 0 Å². The highest BCUT2D eigenvalue weighted by molar-refractivity contribution is 6.04. The largest absolute Gasteiger partial charge is 0.480 e. The van der Waals surface area contributed by atoms with Crippen molar-refractivity contribution in [3.63, 3.8) is 0 Å². The first-order valence-electron chi connectivity index (χ1n) is 11.9. The third-order valence-electron chi connectivity index (χ3n) is 6.49. The topological polar surface area (TPSA) is 48.0 Å². The fourth-order valence-electron chi connectivity index (χ4n) is 4.67. The maximum atomic E-state index is 13.3. The summed E-state index contributed by atoms with van der Waals surface area (Å²) in [5.74, 6) is 0.809. The summed E-state index contributed by atoms with van der Waals surface area (Å²) < 4.78 is 17.7. The Balaban J connectivity index is 1.31. The van der Waals surface area contributed by atoms with Gasteiger partial charge in [0.2, 0.25) is 0 Å². The van der Waals surface area contributed by atoms with E-state index in [1.165, 1.54) is 0 Å². The number of hydrogen-bond donors (Lipinski definition) is 0. The van der Waals surface area contributed by atoms with Crippen LogP contribution in [0.4, 0.5) is 5.69 Å². The monoisotopic (exact) mass is 463 g/mol. The van der Waals surface area contributed by atoms with E-state index in [1.807, 2.05) is 97.1 Å². The summed E-state index contributed by atoms with van der Waals surface area (Å²) in [6, 6.07) is 27.6. The van der Waals surface area contributed by atoms with Crippen LogP contribution in [0.5, 0.6) is 11.5 Å². The molecule has 4 aromatic rings. The highest BCUT2D eigenvalue weighted by Gasteiger charge is 2.25. The second-order valence-electron chi connectivity index (χ2n) is 8.68. The zero-order valence-electron chi connectivity index (χ0n) is 19.2. The molecule has 0 N–H and O–H groups in total. The molecular weight excluding hydrogens is 438 g/mol. The quantitative estimate of drug-likeness (QED) is 0.273. The van der Waals surface area contributed by atoms with E-state index in [0.717, 1.165) is 53.9 Å². The summed E-state index contributed by atoms with van der Waals surface area (Å²) in [6.45, 7) is 3.17. The summed E-state index contributed by atoms with van der Waals surface area (Å²) in [6.07, 6.45) is 3.74. The third kappa shape index (κ3) is 4.27. The fraction of sp³-hybridized carbons (Fsp3) is 0.167. The van der Waals surface area contributed by atoms with E-state index in [0.29, 0.717) is 17.1 Å². The molecular formula is C30H25NO4. The average molecular weight is 464 g/mol. The van der Waals surface area contributed by atoms with Crippen LogP contribution in [-0.4, -0.2) is 32.3 Å². The van der Waals surface area contributed by atoms with E-state index in [-0.39, 0.29) is 6.10 Å². The van der Waals surface area contributed by atoms with Crippen molar-refractivity contribution in [2.45, 2.75) is 6.10 Å². The van der Waals surface area contributed by atoms with Crippen LogP contribution < -0.4 is 14.4 Å². The highest BCUT2D eigenvalue weighted by atomic mass is 16.5. The van der Waals surface area contributed by atoms with Gasteiger partial charge in [0.05, 0.1) is 18.8 Å². The van der Waals surface area contributed by atoms with Crippen LogP contribution in [0.15, 0.2) is 91.0 Å². The number of carbonyl (C=O) groups is 1. The number of rotatable bonds is 4. The summed E-state index contributed by atoms with van der Waals surface area (Å²) in [4.78, 5) is 15.6. The average Bonchev–Trinajstić information content (AvgIpc) is 2.93. The third-order valence-corrected chi connectivity index (χ3v) is 6.49. The predicted octanol–water partition coefficient (Wildman–Crippen LogP) is 6.04. The number of esters is 1. The Morgan fingerprint density at radius 1 is 0.886 bits per heavy atom. The minimum absolute atomic E-state index is 0.217. The lowest BCUT2D eigenvalue weighted by Crippen LogP contribution is -2.36. The smallest absolute Gasteiger partial charge is 0.344 e. The van der Waals surface area contributed by atoms with Gasteiger partial charge in [0.1, 0.15) is 17.6 Å².